The van der Waals surface area contributed by atoms with Crippen LogP contribution in [0.25, 0.3) is 0 Å². The molecule has 0 radical (unpaired) electrons. The standard InChI is InChI=1S/C24H35ClFN5O.C3H8/c1-23(2,3)13-27-14-24(4,5)31-12-21(29-15-31)30-22(32)11-28-18-7-6-16-10-20(26)19(25)9-17(16)8-18;1-3-2/h9-10,12,15,18,27-28H,6-8,11,13-14H2,1-5H3,(H,30,32);3H2,1-2H3. The van der Waals surface area contributed by atoms with Gasteiger partial charge in [-0.15, -0.1) is 0 Å². The molecule has 0 fully saturated rings. The summed E-state index contributed by atoms with van der Waals surface area (Å²) in [5.41, 5.74) is 2.09. The highest BCUT2D eigenvalue weighted by atomic mass is 35.5. The first-order valence-corrected chi connectivity index (χ1v) is 13.0. The SMILES string of the molecule is CC(C)(C)CNCC(C)(C)n1cnc(NC(=O)CNC2CCc3cc(F)c(Cl)cc3C2)c1.CCC. The van der Waals surface area contributed by atoms with Crippen LogP contribution in [0.2, 0.25) is 5.02 Å². The summed E-state index contributed by atoms with van der Waals surface area (Å²) in [6, 6.07) is 3.38. The molecule has 196 valence electrons. The van der Waals surface area contributed by atoms with Gasteiger partial charge in [0, 0.05) is 25.3 Å². The monoisotopic (exact) mass is 507 g/mol. The van der Waals surface area contributed by atoms with Crippen molar-refractivity contribution in [2.45, 2.75) is 85.7 Å². The number of imidazole rings is 1. The zero-order valence-corrected chi connectivity index (χ0v) is 23.2. The van der Waals surface area contributed by atoms with Crippen LogP contribution in [0.3, 0.4) is 0 Å². The van der Waals surface area contributed by atoms with Gasteiger partial charge in [-0.3, -0.25) is 4.79 Å². The number of nitrogens with one attached hydrogen (secondary N) is 3. The summed E-state index contributed by atoms with van der Waals surface area (Å²) in [6.45, 7) is 17.0. The lowest BCUT2D eigenvalue weighted by Crippen LogP contribution is -2.40. The molecule has 1 atom stereocenters. The summed E-state index contributed by atoms with van der Waals surface area (Å²) in [5.74, 6) is 0.0302. The first kappa shape index (κ1) is 29.3. The number of fused-ring (bicyclic) bond motifs is 1. The molecular formula is C27H43ClFN5O. The molecule has 3 N–H and O–H groups in total. The van der Waals surface area contributed by atoms with E-state index in [1.165, 1.54) is 12.5 Å². The second-order valence-corrected chi connectivity index (χ2v) is 11.7. The molecule has 1 aliphatic rings. The zero-order valence-electron chi connectivity index (χ0n) is 22.4. The number of carbonyl (C=O) groups is 1. The second kappa shape index (κ2) is 12.8. The van der Waals surface area contributed by atoms with Gasteiger partial charge in [0.2, 0.25) is 5.91 Å². The predicted molar refractivity (Wildman–Crippen MR) is 144 cm³/mol. The van der Waals surface area contributed by atoms with Crippen molar-refractivity contribution >= 4 is 23.3 Å². The van der Waals surface area contributed by atoms with Crippen LogP contribution >= 0.6 is 11.6 Å². The Morgan fingerprint density at radius 2 is 1.86 bits per heavy atom. The Balaban J connectivity index is 0.00000137. The van der Waals surface area contributed by atoms with Crippen LogP contribution in [0.15, 0.2) is 24.7 Å². The predicted octanol–water partition coefficient (Wildman–Crippen LogP) is 5.55. The molecular weight excluding hydrogens is 465 g/mol. The number of nitrogens with zero attached hydrogens (tertiary/aromatic N) is 2. The van der Waals surface area contributed by atoms with Gasteiger partial charge in [0.25, 0.3) is 0 Å². The third-order valence-electron chi connectivity index (χ3n) is 5.78. The van der Waals surface area contributed by atoms with Crippen molar-refractivity contribution in [2.75, 3.05) is 25.0 Å². The van der Waals surface area contributed by atoms with Gasteiger partial charge in [0.1, 0.15) is 5.82 Å². The largest absolute Gasteiger partial charge is 0.328 e. The first-order valence-electron chi connectivity index (χ1n) is 12.6. The van der Waals surface area contributed by atoms with Gasteiger partial charge < -0.3 is 20.5 Å². The van der Waals surface area contributed by atoms with Crippen molar-refractivity contribution in [1.82, 2.24) is 20.2 Å². The molecule has 2 aromatic rings. The molecule has 0 bridgehead atoms. The maximum Gasteiger partial charge on any atom is 0.239 e. The maximum absolute atomic E-state index is 13.6. The van der Waals surface area contributed by atoms with Gasteiger partial charge in [-0.25, -0.2) is 9.37 Å². The van der Waals surface area contributed by atoms with Crippen LogP contribution in [-0.4, -0.2) is 41.1 Å². The molecule has 1 amide bonds. The minimum absolute atomic E-state index is 0.137. The van der Waals surface area contributed by atoms with E-state index in [-0.39, 0.29) is 40.3 Å². The summed E-state index contributed by atoms with van der Waals surface area (Å²) in [4.78, 5) is 16.8. The second-order valence-electron chi connectivity index (χ2n) is 11.3. The first-order chi connectivity index (χ1) is 16.3. The van der Waals surface area contributed by atoms with E-state index in [0.29, 0.717) is 5.82 Å². The van der Waals surface area contributed by atoms with Gasteiger partial charge in [-0.2, -0.15) is 0 Å². The minimum atomic E-state index is -0.371. The molecule has 1 aliphatic carbocycles. The maximum atomic E-state index is 13.6. The molecule has 0 saturated heterocycles. The topological polar surface area (TPSA) is 71.0 Å². The van der Waals surface area contributed by atoms with E-state index in [1.807, 2.05) is 10.8 Å². The molecule has 1 heterocycles. The number of carbonyl (C=O) groups excluding carboxylic acids is 1. The number of rotatable bonds is 8. The van der Waals surface area contributed by atoms with E-state index >= 15 is 0 Å². The van der Waals surface area contributed by atoms with Crippen LogP contribution in [0.4, 0.5) is 10.2 Å². The fourth-order valence-corrected chi connectivity index (χ4v) is 4.09. The van der Waals surface area contributed by atoms with Crippen LogP contribution in [0, 0.1) is 11.2 Å². The molecule has 8 heteroatoms. The smallest absolute Gasteiger partial charge is 0.239 e. The molecule has 0 spiro atoms. The van der Waals surface area contributed by atoms with Crippen LogP contribution in [0.1, 0.15) is 72.4 Å². The minimum Gasteiger partial charge on any atom is -0.328 e. The van der Waals surface area contributed by atoms with Gasteiger partial charge in [-0.1, -0.05) is 52.6 Å². The Morgan fingerprint density at radius 3 is 2.51 bits per heavy atom. The number of benzene rings is 1. The van der Waals surface area contributed by atoms with E-state index in [2.05, 4.69) is 69.4 Å². The fraction of sp³-hybridized carbons (Fsp3) is 0.630. The molecule has 0 saturated carbocycles. The molecule has 0 aliphatic heterocycles. The molecule has 3 rings (SSSR count). The number of amides is 1. The van der Waals surface area contributed by atoms with Crippen LogP contribution in [-0.2, 0) is 23.2 Å². The van der Waals surface area contributed by atoms with E-state index in [0.717, 1.165) is 43.5 Å². The number of halogens is 2. The Labute approximate surface area is 215 Å². The summed E-state index contributed by atoms with van der Waals surface area (Å²) < 4.78 is 15.7. The lowest BCUT2D eigenvalue weighted by molar-refractivity contribution is -0.115. The van der Waals surface area contributed by atoms with E-state index in [4.69, 9.17) is 11.6 Å². The van der Waals surface area contributed by atoms with Crippen molar-refractivity contribution in [1.29, 1.82) is 0 Å². The van der Waals surface area contributed by atoms with Crippen molar-refractivity contribution in [3.8, 4) is 0 Å². The molecule has 1 aromatic heterocycles. The van der Waals surface area contributed by atoms with Gasteiger partial charge >= 0.3 is 0 Å². The molecule has 6 nitrogen and oxygen atoms in total. The molecule has 1 aromatic carbocycles. The van der Waals surface area contributed by atoms with Crippen molar-refractivity contribution in [3.63, 3.8) is 0 Å². The van der Waals surface area contributed by atoms with E-state index in [9.17, 15) is 9.18 Å². The fourth-order valence-electron chi connectivity index (χ4n) is 3.90. The average Bonchev–Trinajstić information content (AvgIpc) is 3.22. The van der Waals surface area contributed by atoms with Crippen molar-refractivity contribution in [2.24, 2.45) is 5.41 Å². The lowest BCUT2D eigenvalue weighted by atomic mass is 9.88. The number of hydrogen-bond acceptors (Lipinski definition) is 4. The Bertz CT molecular complexity index is 967. The summed E-state index contributed by atoms with van der Waals surface area (Å²) in [5, 5.41) is 9.82. The zero-order chi connectivity index (χ0) is 26.2. The quantitative estimate of drug-likeness (QED) is 0.438. The van der Waals surface area contributed by atoms with E-state index < -0.39 is 0 Å². The number of anilines is 1. The van der Waals surface area contributed by atoms with Crippen LogP contribution in [0.5, 0.6) is 0 Å². The number of hydrogen-bond donors (Lipinski definition) is 3. The Kier molecular flexibility index (Phi) is 10.7. The number of aryl methyl sites for hydroxylation is 1. The summed E-state index contributed by atoms with van der Waals surface area (Å²) in [7, 11) is 0. The van der Waals surface area contributed by atoms with Gasteiger partial charge in [-0.05, 0) is 61.8 Å². The van der Waals surface area contributed by atoms with Crippen LogP contribution < -0.4 is 16.0 Å². The molecule has 1 unspecified atom stereocenters. The summed E-state index contributed by atoms with van der Waals surface area (Å²) in [6.07, 6.45) is 7.22. The lowest BCUT2D eigenvalue weighted by Gasteiger charge is -2.29. The third kappa shape index (κ3) is 9.54. The highest BCUT2D eigenvalue weighted by molar-refractivity contribution is 6.30. The number of aromatic nitrogens is 2. The Morgan fingerprint density at radius 1 is 1.17 bits per heavy atom. The Hall–Kier alpha value is -1.96. The average molecular weight is 508 g/mol. The highest BCUT2D eigenvalue weighted by Gasteiger charge is 2.23. The van der Waals surface area contributed by atoms with Gasteiger partial charge in [0.05, 0.1) is 23.4 Å². The molecule has 35 heavy (non-hydrogen) atoms. The van der Waals surface area contributed by atoms with E-state index in [1.54, 1.807) is 12.4 Å². The van der Waals surface area contributed by atoms with Gasteiger partial charge in [0.15, 0.2) is 5.82 Å². The highest BCUT2D eigenvalue weighted by Crippen LogP contribution is 2.27. The summed E-state index contributed by atoms with van der Waals surface area (Å²) >= 11 is 5.92. The third-order valence-corrected chi connectivity index (χ3v) is 6.07. The van der Waals surface area contributed by atoms with Crippen molar-refractivity contribution in [3.05, 3.63) is 46.6 Å². The normalized spacial score (nSPS) is 15.7. The van der Waals surface area contributed by atoms with Crippen molar-refractivity contribution < 1.29 is 9.18 Å².